The van der Waals surface area contributed by atoms with Crippen LogP contribution in [0.3, 0.4) is 0 Å². The van der Waals surface area contributed by atoms with Crippen molar-refractivity contribution in [3.05, 3.63) is 64.2 Å². The summed E-state index contributed by atoms with van der Waals surface area (Å²) in [5.74, 6) is 0.699. The average Bonchev–Trinajstić information content (AvgIpc) is 3.04. The monoisotopic (exact) mass is 794 g/mol. The van der Waals surface area contributed by atoms with E-state index in [-0.39, 0.29) is 21.7 Å². The second-order valence-electron chi connectivity index (χ2n) is 17.6. The molecular weight excluding hydrogens is 726 g/mol. The normalized spacial score (nSPS) is 13.7. The molecule has 0 aromatic heterocycles. The summed E-state index contributed by atoms with van der Waals surface area (Å²) in [6, 6.07) is 12.7. The standard InChI is InChI=1S/C33H52O4.C5H12O4.H4O5P2/c1-29(2,3)22-13-15-24(25(17-22)31(7,8)9)28(33(19-34,20-35)21-36)37-27-16-14-23(30(4,5)6)18-26(27)32(10,11)12;6-1-5(2-7,3-8)4-9;1-6(2)5-7(3)4/h13-18,28,34-36H,19-21H2,1-12H3;6-9H,1-4H2;1-4H. The van der Waals surface area contributed by atoms with Crippen molar-refractivity contribution in [2.24, 2.45) is 10.8 Å². The second kappa shape index (κ2) is 21.2. The summed E-state index contributed by atoms with van der Waals surface area (Å²) in [4.78, 5) is 31.3. The van der Waals surface area contributed by atoms with E-state index in [0.717, 1.165) is 16.7 Å². The molecule has 0 fully saturated rings. The van der Waals surface area contributed by atoms with E-state index in [2.05, 4.69) is 118 Å². The lowest BCUT2D eigenvalue weighted by atomic mass is 9.72. The molecule has 11 N–H and O–H groups in total. The fraction of sp³-hybridized carbons (Fsp3) is 0.684. The van der Waals surface area contributed by atoms with E-state index >= 15 is 0 Å². The molecule has 2 aromatic carbocycles. The molecule has 308 valence electrons. The third-order valence-electron chi connectivity index (χ3n) is 8.90. The van der Waals surface area contributed by atoms with Crippen molar-refractivity contribution in [3.63, 3.8) is 0 Å². The van der Waals surface area contributed by atoms with Gasteiger partial charge in [-0.25, -0.2) is 4.31 Å². The van der Waals surface area contributed by atoms with E-state index in [1.165, 1.54) is 11.1 Å². The molecule has 1 unspecified atom stereocenters. The van der Waals surface area contributed by atoms with Gasteiger partial charge in [0.1, 0.15) is 11.9 Å². The van der Waals surface area contributed by atoms with Crippen molar-refractivity contribution in [1.82, 2.24) is 0 Å². The molecule has 2 rings (SSSR count). The summed E-state index contributed by atoms with van der Waals surface area (Å²) in [6.45, 7) is 23.2. The number of aliphatic hydroxyl groups excluding tert-OH is 7. The number of aliphatic hydroxyl groups is 7. The van der Waals surface area contributed by atoms with Crippen LogP contribution in [-0.2, 0) is 26.0 Å². The average molecular weight is 795 g/mol. The topological polar surface area (TPSA) is 241 Å². The molecular formula is C38H68O13P2. The zero-order chi connectivity index (χ0) is 41.8. The summed E-state index contributed by atoms with van der Waals surface area (Å²) < 4.78 is 10.4. The van der Waals surface area contributed by atoms with Gasteiger partial charge in [0.15, 0.2) is 0 Å². The Kier molecular flexibility index (Phi) is 20.7. The maximum Gasteiger partial charge on any atom is 0.334 e. The molecule has 0 amide bonds. The van der Waals surface area contributed by atoms with Crippen molar-refractivity contribution in [2.75, 3.05) is 46.2 Å². The molecule has 2 aromatic rings. The lowest BCUT2D eigenvalue weighted by Crippen LogP contribution is -2.43. The molecule has 15 heteroatoms. The Bertz CT molecular complexity index is 1320. The molecule has 53 heavy (non-hydrogen) atoms. The Labute approximate surface area is 318 Å². The van der Waals surface area contributed by atoms with Crippen LogP contribution in [0.1, 0.15) is 117 Å². The first-order valence-corrected chi connectivity index (χ1v) is 19.7. The van der Waals surface area contributed by atoms with Gasteiger partial charge in [-0.3, -0.25) is 0 Å². The Morgan fingerprint density at radius 3 is 1.11 bits per heavy atom. The summed E-state index contributed by atoms with van der Waals surface area (Å²) in [6.07, 6.45) is -0.766. The molecule has 0 radical (unpaired) electrons. The smallest absolute Gasteiger partial charge is 0.334 e. The predicted octanol–water partition coefficient (Wildman–Crippen LogP) is 4.33. The molecule has 13 nitrogen and oxygen atoms in total. The fourth-order valence-electron chi connectivity index (χ4n) is 5.00. The quantitative estimate of drug-likeness (QED) is 0.127. The summed E-state index contributed by atoms with van der Waals surface area (Å²) >= 11 is 0. The van der Waals surface area contributed by atoms with Crippen LogP contribution in [0.25, 0.3) is 0 Å². The Morgan fingerprint density at radius 1 is 0.491 bits per heavy atom. The molecule has 0 saturated heterocycles. The van der Waals surface area contributed by atoms with Crippen LogP contribution in [0, 0.1) is 10.8 Å². The van der Waals surface area contributed by atoms with Gasteiger partial charge in [0.25, 0.3) is 0 Å². The number of benzene rings is 2. The Balaban J connectivity index is 0.00000140. The van der Waals surface area contributed by atoms with Gasteiger partial charge in [-0.1, -0.05) is 113 Å². The minimum Gasteiger partial charge on any atom is -0.485 e. The molecule has 0 heterocycles. The number of rotatable bonds is 13. The lowest BCUT2D eigenvalue weighted by Gasteiger charge is -2.40. The zero-order valence-corrected chi connectivity index (χ0v) is 35.4. The molecule has 0 spiro atoms. The largest absolute Gasteiger partial charge is 0.485 e. The van der Waals surface area contributed by atoms with Crippen LogP contribution in [0.2, 0.25) is 0 Å². The Morgan fingerprint density at radius 2 is 0.849 bits per heavy atom. The van der Waals surface area contributed by atoms with E-state index in [4.69, 9.17) is 44.7 Å². The number of hydrogen-bond donors (Lipinski definition) is 11. The third kappa shape index (κ3) is 15.6. The summed E-state index contributed by atoms with van der Waals surface area (Å²) in [7, 11) is -5.22. The highest BCUT2D eigenvalue weighted by molar-refractivity contribution is 7.53. The second-order valence-corrected chi connectivity index (χ2v) is 19.2. The first-order valence-electron chi connectivity index (χ1n) is 17.3. The van der Waals surface area contributed by atoms with E-state index in [0.29, 0.717) is 5.75 Å². The highest BCUT2D eigenvalue weighted by Crippen LogP contribution is 2.46. The first kappa shape index (κ1) is 51.6. The van der Waals surface area contributed by atoms with Gasteiger partial charge in [-0.2, -0.15) is 0 Å². The molecule has 1 atom stereocenters. The summed E-state index contributed by atoms with van der Waals surface area (Å²) in [5, 5.41) is 65.6. The highest BCUT2D eigenvalue weighted by atomic mass is 31.2. The van der Waals surface area contributed by atoms with E-state index in [1.807, 2.05) is 6.07 Å². The Hall–Kier alpha value is -1.38. The maximum absolute atomic E-state index is 10.5. The number of ether oxygens (including phenoxy) is 1. The van der Waals surface area contributed by atoms with Gasteiger partial charge in [0, 0.05) is 0 Å². The molecule has 0 saturated carbocycles. The van der Waals surface area contributed by atoms with Crippen molar-refractivity contribution in [2.45, 2.75) is 111 Å². The van der Waals surface area contributed by atoms with E-state index < -0.39 is 80.4 Å². The van der Waals surface area contributed by atoms with Crippen LogP contribution < -0.4 is 4.74 Å². The van der Waals surface area contributed by atoms with Gasteiger partial charge in [-0.15, -0.1) is 0 Å². The van der Waals surface area contributed by atoms with Crippen LogP contribution in [-0.4, -0.2) is 102 Å². The first-order chi connectivity index (χ1) is 24.1. The van der Waals surface area contributed by atoms with Gasteiger partial charge < -0.3 is 60.1 Å². The molecule has 0 aliphatic heterocycles. The minimum atomic E-state index is -2.61. The van der Waals surface area contributed by atoms with Crippen LogP contribution >= 0.6 is 17.2 Å². The molecule has 0 bridgehead atoms. The SMILES string of the molecule is CC(C)(C)c1ccc(OC(c2ccc(C(C)(C)C)cc2C(C)(C)C)C(CO)(CO)CO)c(C(C)(C)C)c1.OCC(CO)(CO)CO.OP(O)OP(O)O. The van der Waals surface area contributed by atoms with Crippen LogP contribution in [0.5, 0.6) is 5.75 Å². The van der Waals surface area contributed by atoms with Crippen LogP contribution in [0.4, 0.5) is 0 Å². The fourth-order valence-corrected chi connectivity index (χ4v) is 5.52. The highest BCUT2D eigenvalue weighted by Gasteiger charge is 2.43. The minimum absolute atomic E-state index is 0.0226. The van der Waals surface area contributed by atoms with Gasteiger partial charge >= 0.3 is 17.2 Å². The summed E-state index contributed by atoms with van der Waals surface area (Å²) in [5.41, 5.74) is 2.53. The molecule has 0 aliphatic carbocycles. The van der Waals surface area contributed by atoms with Gasteiger partial charge in [0.2, 0.25) is 0 Å². The van der Waals surface area contributed by atoms with Crippen molar-refractivity contribution < 1.29 is 64.4 Å². The third-order valence-corrected chi connectivity index (χ3v) is 10.1. The van der Waals surface area contributed by atoms with Gasteiger partial charge in [0.05, 0.1) is 57.1 Å². The van der Waals surface area contributed by atoms with E-state index in [9.17, 15) is 15.3 Å². The van der Waals surface area contributed by atoms with Gasteiger partial charge in [-0.05, 0) is 55.5 Å². The van der Waals surface area contributed by atoms with Crippen molar-refractivity contribution >= 4 is 17.2 Å². The number of hydrogen-bond acceptors (Lipinski definition) is 13. The predicted molar refractivity (Wildman–Crippen MR) is 209 cm³/mol. The lowest BCUT2D eigenvalue weighted by molar-refractivity contribution is -0.0752. The maximum atomic E-state index is 10.5. The van der Waals surface area contributed by atoms with Crippen molar-refractivity contribution in [3.8, 4) is 5.75 Å². The molecule has 0 aliphatic rings. The zero-order valence-electron chi connectivity index (χ0n) is 33.6. The van der Waals surface area contributed by atoms with Crippen LogP contribution in [0.15, 0.2) is 36.4 Å². The van der Waals surface area contributed by atoms with Crippen molar-refractivity contribution in [1.29, 1.82) is 0 Å². The van der Waals surface area contributed by atoms with E-state index in [1.54, 1.807) is 0 Å².